The third kappa shape index (κ3) is 2.60. The van der Waals surface area contributed by atoms with Crippen LogP contribution in [0.15, 0.2) is 54.2 Å². The van der Waals surface area contributed by atoms with Crippen LogP contribution in [0.1, 0.15) is 19.4 Å². The summed E-state index contributed by atoms with van der Waals surface area (Å²) in [5.41, 5.74) is 2.01. The Labute approximate surface area is 151 Å². The summed E-state index contributed by atoms with van der Waals surface area (Å²) in [4.78, 5) is 27.1. The molecule has 2 amide bonds. The summed E-state index contributed by atoms with van der Waals surface area (Å²) in [6, 6.07) is 14.3. The Morgan fingerprint density at radius 3 is 2.42 bits per heavy atom. The van der Waals surface area contributed by atoms with Gasteiger partial charge in [-0.2, -0.15) is 0 Å². The van der Waals surface area contributed by atoms with Crippen LogP contribution in [-0.2, 0) is 9.59 Å². The minimum Gasteiger partial charge on any atom is -0.454 e. The molecule has 0 bridgehead atoms. The highest BCUT2D eigenvalue weighted by Gasteiger charge is 2.40. The van der Waals surface area contributed by atoms with Gasteiger partial charge in [0.1, 0.15) is 5.70 Å². The molecule has 0 radical (unpaired) electrons. The van der Waals surface area contributed by atoms with Crippen molar-refractivity contribution in [2.75, 3.05) is 12.1 Å². The van der Waals surface area contributed by atoms with Crippen LogP contribution in [0.25, 0.3) is 5.57 Å². The van der Waals surface area contributed by atoms with Gasteiger partial charge in [-0.25, -0.2) is 0 Å². The van der Waals surface area contributed by atoms with Crippen molar-refractivity contribution in [3.63, 3.8) is 0 Å². The number of nitrogens with zero attached hydrogens (tertiary/aromatic N) is 1. The third-order valence-corrected chi connectivity index (χ3v) is 4.34. The SMILES string of the molecule is CC(C)N1C(=O)C(Nc2ccc3c(c2)OCO3)=C(c2ccccc2)C1=O. The molecule has 2 heterocycles. The van der Waals surface area contributed by atoms with Crippen LogP contribution in [0.5, 0.6) is 11.5 Å². The molecular weight excluding hydrogens is 332 g/mol. The maximum atomic E-state index is 12.9. The zero-order chi connectivity index (χ0) is 18.3. The number of benzene rings is 2. The first-order chi connectivity index (χ1) is 12.6. The summed E-state index contributed by atoms with van der Waals surface area (Å²) in [6.45, 7) is 3.82. The minimum absolute atomic E-state index is 0.176. The fourth-order valence-corrected chi connectivity index (χ4v) is 3.12. The molecule has 0 saturated heterocycles. The molecule has 132 valence electrons. The molecule has 2 aromatic rings. The number of carbonyl (C=O) groups excluding carboxylic acids is 2. The quantitative estimate of drug-likeness (QED) is 0.859. The number of amides is 2. The van der Waals surface area contributed by atoms with Crippen LogP contribution < -0.4 is 14.8 Å². The van der Waals surface area contributed by atoms with Gasteiger partial charge in [0.05, 0.1) is 5.57 Å². The highest BCUT2D eigenvalue weighted by molar-refractivity contribution is 6.36. The van der Waals surface area contributed by atoms with Gasteiger partial charge in [-0.15, -0.1) is 0 Å². The predicted octanol–water partition coefficient (Wildman–Crippen LogP) is 3.02. The number of nitrogens with one attached hydrogen (secondary N) is 1. The van der Waals surface area contributed by atoms with Crippen molar-refractivity contribution in [1.29, 1.82) is 0 Å². The molecule has 2 aromatic carbocycles. The zero-order valence-corrected chi connectivity index (χ0v) is 14.5. The molecule has 6 nitrogen and oxygen atoms in total. The largest absolute Gasteiger partial charge is 0.454 e. The van der Waals surface area contributed by atoms with Gasteiger partial charge in [0.25, 0.3) is 11.8 Å². The molecule has 0 atom stereocenters. The monoisotopic (exact) mass is 350 g/mol. The van der Waals surface area contributed by atoms with Gasteiger partial charge in [0, 0.05) is 17.8 Å². The fourth-order valence-electron chi connectivity index (χ4n) is 3.12. The van der Waals surface area contributed by atoms with E-state index in [9.17, 15) is 9.59 Å². The van der Waals surface area contributed by atoms with Crippen molar-refractivity contribution in [3.05, 3.63) is 59.8 Å². The van der Waals surface area contributed by atoms with Crippen LogP contribution in [0.3, 0.4) is 0 Å². The Hall–Kier alpha value is -3.28. The Bertz CT molecular complexity index is 919. The number of ether oxygens (including phenoxy) is 2. The number of hydrogen-bond acceptors (Lipinski definition) is 5. The molecule has 0 fully saturated rings. The van der Waals surface area contributed by atoms with E-state index in [-0.39, 0.29) is 30.3 Å². The van der Waals surface area contributed by atoms with E-state index in [1.807, 2.05) is 44.2 Å². The van der Waals surface area contributed by atoms with Crippen molar-refractivity contribution in [2.24, 2.45) is 0 Å². The Kier molecular flexibility index (Phi) is 3.88. The molecule has 1 N–H and O–H groups in total. The summed E-state index contributed by atoms with van der Waals surface area (Å²) >= 11 is 0. The summed E-state index contributed by atoms with van der Waals surface area (Å²) in [6.07, 6.45) is 0. The van der Waals surface area contributed by atoms with Crippen molar-refractivity contribution < 1.29 is 19.1 Å². The summed E-state index contributed by atoms with van der Waals surface area (Å²) in [5, 5.41) is 3.12. The maximum Gasteiger partial charge on any atom is 0.278 e. The van der Waals surface area contributed by atoms with E-state index in [0.717, 1.165) is 0 Å². The smallest absolute Gasteiger partial charge is 0.278 e. The molecule has 0 unspecified atom stereocenters. The summed E-state index contributed by atoms with van der Waals surface area (Å²) < 4.78 is 10.7. The van der Waals surface area contributed by atoms with Crippen molar-refractivity contribution in [3.8, 4) is 11.5 Å². The second-order valence-corrected chi connectivity index (χ2v) is 6.38. The van der Waals surface area contributed by atoms with Crippen LogP contribution in [0, 0.1) is 0 Å². The van der Waals surface area contributed by atoms with Gasteiger partial charge in [-0.1, -0.05) is 30.3 Å². The van der Waals surface area contributed by atoms with Gasteiger partial charge >= 0.3 is 0 Å². The Balaban J connectivity index is 1.77. The van der Waals surface area contributed by atoms with E-state index in [4.69, 9.17) is 9.47 Å². The highest BCUT2D eigenvalue weighted by Crippen LogP contribution is 2.36. The lowest BCUT2D eigenvalue weighted by atomic mass is 10.0. The highest BCUT2D eigenvalue weighted by atomic mass is 16.7. The lowest BCUT2D eigenvalue weighted by Gasteiger charge is -2.19. The number of rotatable bonds is 4. The lowest BCUT2D eigenvalue weighted by Crippen LogP contribution is -2.38. The van der Waals surface area contributed by atoms with Crippen LogP contribution in [0.2, 0.25) is 0 Å². The summed E-state index contributed by atoms with van der Waals surface area (Å²) in [7, 11) is 0. The Morgan fingerprint density at radius 2 is 1.69 bits per heavy atom. The number of fused-ring (bicyclic) bond motifs is 1. The average molecular weight is 350 g/mol. The second kappa shape index (κ2) is 6.22. The van der Waals surface area contributed by atoms with Gasteiger partial charge in [-0.05, 0) is 31.5 Å². The summed E-state index contributed by atoms with van der Waals surface area (Å²) in [5.74, 6) is 0.640. The van der Waals surface area contributed by atoms with Gasteiger partial charge in [0.2, 0.25) is 6.79 Å². The van der Waals surface area contributed by atoms with Gasteiger partial charge < -0.3 is 14.8 Å². The zero-order valence-electron chi connectivity index (χ0n) is 14.5. The molecule has 0 spiro atoms. The number of carbonyl (C=O) groups is 2. The predicted molar refractivity (Wildman–Crippen MR) is 96.5 cm³/mol. The number of hydrogen-bond donors (Lipinski definition) is 1. The molecule has 0 aromatic heterocycles. The first-order valence-electron chi connectivity index (χ1n) is 8.40. The molecule has 26 heavy (non-hydrogen) atoms. The second-order valence-electron chi connectivity index (χ2n) is 6.38. The van der Waals surface area contributed by atoms with E-state index in [0.29, 0.717) is 28.3 Å². The molecule has 4 rings (SSSR count). The fraction of sp³-hybridized carbons (Fsp3) is 0.200. The number of anilines is 1. The van der Waals surface area contributed by atoms with E-state index >= 15 is 0 Å². The van der Waals surface area contributed by atoms with Crippen molar-refractivity contribution >= 4 is 23.1 Å². The first kappa shape index (κ1) is 16.2. The minimum atomic E-state index is -0.332. The van der Waals surface area contributed by atoms with Crippen molar-refractivity contribution in [1.82, 2.24) is 4.90 Å². The standard InChI is InChI=1S/C20H18N2O4/c1-12(2)22-19(23)17(13-6-4-3-5-7-13)18(20(22)24)21-14-8-9-15-16(10-14)26-11-25-15/h3-10,12,21H,11H2,1-2H3. The third-order valence-electron chi connectivity index (χ3n) is 4.34. The first-order valence-corrected chi connectivity index (χ1v) is 8.40. The van der Waals surface area contributed by atoms with Gasteiger partial charge in [0.15, 0.2) is 11.5 Å². The van der Waals surface area contributed by atoms with E-state index in [1.165, 1.54) is 4.90 Å². The van der Waals surface area contributed by atoms with Crippen molar-refractivity contribution in [2.45, 2.75) is 19.9 Å². The van der Waals surface area contributed by atoms with Gasteiger partial charge in [-0.3, -0.25) is 14.5 Å². The molecule has 0 saturated carbocycles. The molecule has 2 aliphatic heterocycles. The molecule has 0 aliphatic carbocycles. The van der Waals surface area contributed by atoms with E-state index < -0.39 is 0 Å². The average Bonchev–Trinajstić information content (AvgIpc) is 3.18. The topological polar surface area (TPSA) is 67.9 Å². The van der Waals surface area contributed by atoms with Crippen LogP contribution >= 0.6 is 0 Å². The number of imide groups is 1. The lowest BCUT2D eigenvalue weighted by molar-refractivity contribution is -0.138. The van der Waals surface area contributed by atoms with Crippen LogP contribution in [0.4, 0.5) is 5.69 Å². The Morgan fingerprint density at radius 1 is 0.962 bits per heavy atom. The normalized spacial score (nSPS) is 16.0. The molecule has 2 aliphatic rings. The maximum absolute atomic E-state index is 12.9. The van der Waals surface area contributed by atoms with E-state index in [1.54, 1.807) is 18.2 Å². The van der Waals surface area contributed by atoms with Crippen LogP contribution in [-0.4, -0.2) is 29.5 Å². The van der Waals surface area contributed by atoms with E-state index in [2.05, 4.69) is 5.32 Å². The molecule has 6 heteroatoms. The molecular formula is C20H18N2O4.